The molecule has 19 heavy (non-hydrogen) atoms. The zero-order chi connectivity index (χ0) is 13.9. The standard InChI is InChI=1S/C13H13F3N2O/c1-9(17-8-10-6-7-19-18-10)11-4-2-3-5-12(11)13(14,15)16/h2-7,9,17H,8H2,1H3. The Morgan fingerprint density at radius 2 is 2.00 bits per heavy atom. The van der Waals surface area contributed by atoms with Crippen LogP contribution in [0.25, 0.3) is 0 Å². The first-order valence-electron chi connectivity index (χ1n) is 5.77. The van der Waals surface area contributed by atoms with Crippen molar-refractivity contribution in [1.29, 1.82) is 0 Å². The number of nitrogens with zero attached hydrogens (tertiary/aromatic N) is 1. The van der Waals surface area contributed by atoms with E-state index in [9.17, 15) is 13.2 Å². The number of aromatic nitrogens is 1. The van der Waals surface area contributed by atoms with Crippen LogP contribution >= 0.6 is 0 Å². The molecular weight excluding hydrogens is 257 g/mol. The van der Waals surface area contributed by atoms with Crippen molar-refractivity contribution in [3.63, 3.8) is 0 Å². The zero-order valence-corrected chi connectivity index (χ0v) is 10.2. The van der Waals surface area contributed by atoms with E-state index in [0.29, 0.717) is 12.2 Å². The molecule has 0 aliphatic carbocycles. The summed E-state index contributed by atoms with van der Waals surface area (Å²) in [7, 11) is 0. The molecule has 0 bridgehead atoms. The molecule has 0 amide bonds. The van der Waals surface area contributed by atoms with Crippen LogP contribution in [0.4, 0.5) is 13.2 Å². The quantitative estimate of drug-likeness (QED) is 0.923. The van der Waals surface area contributed by atoms with E-state index >= 15 is 0 Å². The summed E-state index contributed by atoms with van der Waals surface area (Å²) in [4.78, 5) is 0. The van der Waals surface area contributed by atoms with E-state index in [1.807, 2.05) is 0 Å². The minimum Gasteiger partial charge on any atom is -0.364 e. The van der Waals surface area contributed by atoms with Crippen molar-refractivity contribution in [3.8, 4) is 0 Å². The van der Waals surface area contributed by atoms with Crippen LogP contribution in [0.5, 0.6) is 0 Å². The molecule has 2 aromatic rings. The molecule has 1 unspecified atom stereocenters. The summed E-state index contributed by atoms with van der Waals surface area (Å²) in [5, 5.41) is 6.68. The van der Waals surface area contributed by atoms with Gasteiger partial charge >= 0.3 is 6.18 Å². The Bertz CT molecular complexity index is 523. The summed E-state index contributed by atoms with van der Waals surface area (Å²) in [5.74, 6) is 0. The van der Waals surface area contributed by atoms with Crippen LogP contribution < -0.4 is 5.32 Å². The van der Waals surface area contributed by atoms with Gasteiger partial charge in [0.2, 0.25) is 0 Å². The number of hydrogen-bond donors (Lipinski definition) is 1. The smallest absolute Gasteiger partial charge is 0.364 e. The van der Waals surface area contributed by atoms with Crippen LogP contribution in [-0.4, -0.2) is 5.16 Å². The molecule has 0 aliphatic rings. The van der Waals surface area contributed by atoms with Gasteiger partial charge in [0.1, 0.15) is 6.26 Å². The lowest BCUT2D eigenvalue weighted by Crippen LogP contribution is -2.21. The highest BCUT2D eigenvalue weighted by Crippen LogP contribution is 2.34. The van der Waals surface area contributed by atoms with Crippen molar-refractivity contribution >= 4 is 0 Å². The topological polar surface area (TPSA) is 38.1 Å². The van der Waals surface area contributed by atoms with Gasteiger partial charge in [0.05, 0.1) is 11.3 Å². The van der Waals surface area contributed by atoms with Gasteiger partial charge in [0.25, 0.3) is 0 Å². The molecule has 1 atom stereocenters. The SMILES string of the molecule is CC(NCc1ccon1)c1ccccc1C(F)(F)F. The molecule has 0 aliphatic heterocycles. The molecule has 0 saturated heterocycles. The largest absolute Gasteiger partial charge is 0.416 e. The third kappa shape index (κ3) is 3.35. The summed E-state index contributed by atoms with van der Waals surface area (Å²) in [6.45, 7) is 2.04. The molecule has 102 valence electrons. The maximum atomic E-state index is 12.9. The predicted octanol–water partition coefficient (Wildman–Crippen LogP) is 3.54. The predicted molar refractivity (Wildman–Crippen MR) is 63.2 cm³/mol. The maximum Gasteiger partial charge on any atom is 0.416 e. The molecule has 0 saturated carbocycles. The third-order valence-corrected chi connectivity index (χ3v) is 2.81. The van der Waals surface area contributed by atoms with E-state index in [1.54, 1.807) is 19.1 Å². The van der Waals surface area contributed by atoms with E-state index in [0.717, 1.165) is 6.07 Å². The molecule has 0 spiro atoms. The summed E-state index contributed by atoms with van der Waals surface area (Å²) in [6, 6.07) is 6.77. The fourth-order valence-corrected chi connectivity index (χ4v) is 1.83. The average Bonchev–Trinajstić information content (AvgIpc) is 2.88. The van der Waals surface area contributed by atoms with Gasteiger partial charge in [-0.2, -0.15) is 13.2 Å². The number of hydrogen-bond acceptors (Lipinski definition) is 3. The Labute approximate surface area is 108 Å². The Hall–Kier alpha value is -1.82. The van der Waals surface area contributed by atoms with Crippen LogP contribution in [0.2, 0.25) is 0 Å². The second-order valence-corrected chi connectivity index (χ2v) is 4.18. The second-order valence-electron chi connectivity index (χ2n) is 4.18. The molecular formula is C13H13F3N2O. The number of nitrogens with one attached hydrogen (secondary N) is 1. The van der Waals surface area contributed by atoms with Gasteiger partial charge in [0.15, 0.2) is 0 Å². The number of rotatable bonds is 4. The first-order valence-corrected chi connectivity index (χ1v) is 5.77. The summed E-state index contributed by atoms with van der Waals surface area (Å²) in [5.41, 5.74) is 0.255. The highest BCUT2D eigenvalue weighted by Gasteiger charge is 2.33. The zero-order valence-electron chi connectivity index (χ0n) is 10.2. The molecule has 0 radical (unpaired) electrons. The van der Waals surface area contributed by atoms with E-state index < -0.39 is 17.8 Å². The van der Waals surface area contributed by atoms with Gasteiger partial charge in [-0.1, -0.05) is 23.4 Å². The first kappa shape index (κ1) is 13.6. The molecule has 1 aromatic carbocycles. The Balaban J connectivity index is 2.12. The second kappa shape index (κ2) is 5.44. The number of halogens is 3. The number of benzene rings is 1. The van der Waals surface area contributed by atoms with Gasteiger partial charge in [-0.3, -0.25) is 0 Å². The summed E-state index contributed by atoms with van der Waals surface area (Å²) >= 11 is 0. The van der Waals surface area contributed by atoms with Gasteiger partial charge in [-0.15, -0.1) is 0 Å². The van der Waals surface area contributed by atoms with Gasteiger partial charge in [-0.05, 0) is 18.6 Å². The maximum absolute atomic E-state index is 12.9. The highest BCUT2D eigenvalue weighted by atomic mass is 19.4. The van der Waals surface area contributed by atoms with Gasteiger partial charge < -0.3 is 9.84 Å². The molecule has 0 fully saturated rings. The highest BCUT2D eigenvalue weighted by molar-refractivity contribution is 5.32. The normalized spacial score (nSPS) is 13.5. The molecule has 2 rings (SSSR count). The van der Waals surface area contributed by atoms with Crippen molar-refractivity contribution in [2.75, 3.05) is 0 Å². The van der Waals surface area contributed by atoms with E-state index in [4.69, 9.17) is 0 Å². The molecule has 3 nitrogen and oxygen atoms in total. The van der Waals surface area contributed by atoms with E-state index in [-0.39, 0.29) is 5.56 Å². The van der Waals surface area contributed by atoms with Crippen molar-refractivity contribution in [1.82, 2.24) is 10.5 Å². The fourth-order valence-electron chi connectivity index (χ4n) is 1.83. The van der Waals surface area contributed by atoms with Crippen molar-refractivity contribution in [2.24, 2.45) is 0 Å². The number of alkyl halides is 3. The minimum absolute atomic E-state index is 0.221. The molecule has 1 aromatic heterocycles. The lowest BCUT2D eigenvalue weighted by atomic mass is 10.0. The van der Waals surface area contributed by atoms with Gasteiger partial charge in [0, 0.05) is 18.7 Å². The van der Waals surface area contributed by atoms with Crippen LogP contribution in [0.15, 0.2) is 41.1 Å². The van der Waals surface area contributed by atoms with Crippen molar-refractivity contribution in [2.45, 2.75) is 25.7 Å². The summed E-state index contributed by atoms with van der Waals surface area (Å²) in [6.07, 6.45) is -2.92. The lowest BCUT2D eigenvalue weighted by Gasteiger charge is -2.19. The molecule has 1 heterocycles. The minimum atomic E-state index is -4.35. The molecule has 1 N–H and O–H groups in total. The lowest BCUT2D eigenvalue weighted by molar-refractivity contribution is -0.138. The monoisotopic (exact) mass is 270 g/mol. The first-order chi connectivity index (χ1) is 8.98. The van der Waals surface area contributed by atoms with Crippen LogP contribution in [0.1, 0.15) is 29.8 Å². The van der Waals surface area contributed by atoms with Crippen molar-refractivity contribution in [3.05, 3.63) is 53.4 Å². The average molecular weight is 270 g/mol. The third-order valence-electron chi connectivity index (χ3n) is 2.81. The molecule has 6 heteroatoms. The van der Waals surface area contributed by atoms with Gasteiger partial charge in [-0.25, -0.2) is 0 Å². The summed E-state index contributed by atoms with van der Waals surface area (Å²) < 4.78 is 43.3. The van der Waals surface area contributed by atoms with Crippen LogP contribution in [0, 0.1) is 0 Å². The van der Waals surface area contributed by atoms with E-state index in [2.05, 4.69) is 15.0 Å². The van der Waals surface area contributed by atoms with Crippen LogP contribution in [-0.2, 0) is 12.7 Å². The van der Waals surface area contributed by atoms with Crippen LogP contribution in [0.3, 0.4) is 0 Å². The Morgan fingerprint density at radius 3 is 2.63 bits per heavy atom. The van der Waals surface area contributed by atoms with Crippen molar-refractivity contribution < 1.29 is 17.7 Å². The Morgan fingerprint density at radius 1 is 1.26 bits per heavy atom. The fraction of sp³-hybridized carbons (Fsp3) is 0.308. The van der Waals surface area contributed by atoms with E-state index in [1.165, 1.54) is 18.4 Å². The Kier molecular flexibility index (Phi) is 3.90.